The van der Waals surface area contributed by atoms with Crippen LogP contribution in [0.3, 0.4) is 0 Å². The van der Waals surface area contributed by atoms with E-state index >= 15 is 0 Å². The van der Waals surface area contributed by atoms with E-state index in [-0.39, 0.29) is 9.76 Å². The van der Waals surface area contributed by atoms with Gasteiger partial charge in [-0.15, -0.1) is 0 Å². The summed E-state index contributed by atoms with van der Waals surface area (Å²) in [7, 11) is -0.229. The first-order valence-corrected chi connectivity index (χ1v) is 10.7. The summed E-state index contributed by atoms with van der Waals surface area (Å²) in [6.07, 6.45) is 15.3. The molecule has 0 saturated heterocycles. The van der Waals surface area contributed by atoms with Crippen LogP contribution in [0.15, 0.2) is 0 Å². The van der Waals surface area contributed by atoms with Crippen LogP contribution in [0.25, 0.3) is 0 Å². The third-order valence-corrected chi connectivity index (χ3v) is 6.71. The van der Waals surface area contributed by atoms with Crippen LogP contribution in [0.2, 0.25) is 0 Å². The second kappa shape index (κ2) is 8.15. The van der Waals surface area contributed by atoms with E-state index in [1.54, 1.807) is 0 Å². The van der Waals surface area contributed by atoms with Gasteiger partial charge < -0.3 is 4.43 Å². The molecule has 0 N–H and O–H groups in total. The van der Waals surface area contributed by atoms with Gasteiger partial charge in [-0.2, -0.15) is 0 Å². The minimum atomic E-state index is -0.229. The topological polar surface area (TPSA) is 9.23 Å². The van der Waals surface area contributed by atoms with Crippen LogP contribution >= 0.6 is 22.6 Å². The molecule has 2 saturated carbocycles. The second-order valence-electron chi connectivity index (χ2n) is 5.82. The Kier molecular flexibility index (Phi) is 6.87. The molecule has 0 aromatic rings. The molecule has 0 aromatic carbocycles. The molecule has 0 radical (unpaired) electrons. The molecule has 2 aliphatic rings. The van der Waals surface area contributed by atoms with Crippen LogP contribution in [-0.4, -0.2) is 19.9 Å². The quantitative estimate of drug-likeness (QED) is 0.406. The van der Waals surface area contributed by atoms with E-state index in [2.05, 4.69) is 22.6 Å². The van der Waals surface area contributed by atoms with Crippen molar-refractivity contribution in [1.29, 1.82) is 0 Å². The second-order valence-corrected chi connectivity index (χ2v) is 10.2. The van der Waals surface area contributed by atoms with Crippen molar-refractivity contribution in [2.24, 2.45) is 11.8 Å². The average Bonchev–Trinajstić information content (AvgIpc) is 2.42. The van der Waals surface area contributed by atoms with Crippen LogP contribution < -0.4 is 0 Å². The lowest BCUT2D eigenvalue weighted by Gasteiger charge is -2.38. The number of hydrogen-bond acceptors (Lipinski definition) is 1. The molecular weight excluding hydrogens is 339 g/mol. The molecule has 0 amide bonds. The molecule has 0 heterocycles. The van der Waals surface area contributed by atoms with Crippen LogP contribution in [-0.2, 0) is 4.43 Å². The summed E-state index contributed by atoms with van der Waals surface area (Å²) in [5.41, 5.74) is 0. The molecule has 2 rings (SSSR count). The van der Waals surface area contributed by atoms with Gasteiger partial charge in [0.15, 0.2) is 9.76 Å². The van der Waals surface area contributed by atoms with E-state index in [0.29, 0.717) is 6.10 Å². The number of halogens is 1. The molecule has 1 nitrogen and oxygen atoms in total. The lowest BCUT2D eigenvalue weighted by Crippen LogP contribution is -2.36. The predicted octanol–water partition coefficient (Wildman–Crippen LogP) is 4.01. The zero-order valence-corrected chi connectivity index (χ0v) is 14.6. The Morgan fingerprint density at radius 3 is 1.76 bits per heavy atom. The maximum Gasteiger partial charge on any atom is 0.171 e. The van der Waals surface area contributed by atoms with Crippen molar-refractivity contribution < 1.29 is 4.43 Å². The molecule has 3 heteroatoms. The molecule has 0 bridgehead atoms. The van der Waals surface area contributed by atoms with Crippen molar-refractivity contribution in [3.8, 4) is 0 Å². The molecule has 100 valence electrons. The first-order valence-electron chi connectivity index (χ1n) is 7.59. The highest BCUT2D eigenvalue weighted by atomic mass is 127. The third kappa shape index (κ3) is 4.50. The monoisotopic (exact) mass is 366 g/mol. The summed E-state index contributed by atoms with van der Waals surface area (Å²) in [6.45, 7) is 0. The highest BCUT2D eigenvalue weighted by molar-refractivity contribution is 14.1. The normalized spacial score (nSPS) is 25.1. The molecule has 0 aromatic heterocycles. The SMILES string of the molecule is IC[SiH2]OC(C1CCCCC1)C1CCCCC1. The molecule has 0 spiro atoms. The summed E-state index contributed by atoms with van der Waals surface area (Å²) in [5.74, 6) is 1.84. The van der Waals surface area contributed by atoms with E-state index in [9.17, 15) is 0 Å². The highest BCUT2D eigenvalue weighted by Crippen LogP contribution is 2.37. The van der Waals surface area contributed by atoms with Crippen molar-refractivity contribution in [3.63, 3.8) is 0 Å². The molecule has 17 heavy (non-hydrogen) atoms. The maximum atomic E-state index is 6.40. The van der Waals surface area contributed by atoms with Crippen LogP contribution in [0.1, 0.15) is 64.2 Å². The van der Waals surface area contributed by atoms with Gasteiger partial charge in [-0.1, -0.05) is 61.1 Å². The standard InChI is InChI=1S/C14H27IOSi/c15-11-17-16-14(12-7-3-1-4-8-12)13-9-5-2-6-10-13/h12-14H,1-11,17H2. The number of alkyl halides is 1. The van der Waals surface area contributed by atoms with E-state index in [1.165, 1.54) is 68.3 Å². The Morgan fingerprint density at radius 2 is 1.35 bits per heavy atom. The molecule has 0 unspecified atom stereocenters. The third-order valence-electron chi connectivity index (χ3n) is 4.62. The lowest BCUT2D eigenvalue weighted by atomic mass is 9.75. The van der Waals surface area contributed by atoms with Crippen molar-refractivity contribution >= 4 is 32.4 Å². The first-order chi connectivity index (χ1) is 8.42. The van der Waals surface area contributed by atoms with Gasteiger partial charge in [-0.3, -0.25) is 0 Å². The van der Waals surface area contributed by atoms with E-state index in [0.717, 1.165) is 11.8 Å². The smallest absolute Gasteiger partial charge is 0.171 e. The van der Waals surface area contributed by atoms with Crippen molar-refractivity contribution in [2.45, 2.75) is 70.3 Å². The Balaban J connectivity index is 1.90. The van der Waals surface area contributed by atoms with Crippen molar-refractivity contribution in [2.75, 3.05) is 4.05 Å². The van der Waals surface area contributed by atoms with Crippen LogP contribution in [0.5, 0.6) is 0 Å². The van der Waals surface area contributed by atoms with Crippen molar-refractivity contribution in [3.05, 3.63) is 0 Å². The largest absolute Gasteiger partial charge is 0.420 e. The summed E-state index contributed by atoms with van der Waals surface area (Å²) < 4.78 is 7.69. The van der Waals surface area contributed by atoms with Crippen LogP contribution in [0.4, 0.5) is 0 Å². The molecule has 0 atom stereocenters. The Morgan fingerprint density at radius 1 is 0.882 bits per heavy atom. The summed E-state index contributed by atoms with van der Waals surface area (Å²) in [4.78, 5) is 0. The number of rotatable bonds is 5. The van der Waals surface area contributed by atoms with E-state index in [1.807, 2.05) is 0 Å². The van der Waals surface area contributed by atoms with E-state index < -0.39 is 0 Å². The number of hydrogen-bond donors (Lipinski definition) is 0. The Labute approximate surface area is 123 Å². The van der Waals surface area contributed by atoms with Crippen molar-refractivity contribution in [1.82, 2.24) is 0 Å². The Bertz CT molecular complexity index is 182. The summed E-state index contributed by atoms with van der Waals surface area (Å²) in [6, 6.07) is 0. The minimum absolute atomic E-state index is 0.229. The van der Waals surface area contributed by atoms with E-state index in [4.69, 9.17) is 4.43 Å². The molecular formula is C14H27IOSi. The first kappa shape index (κ1) is 14.3. The average molecular weight is 366 g/mol. The van der Waals surface area contributed by atoms with Crippen LogP contribution in [0, 0.1) is 11.8 Å². The zero-order chi connectivity index (χ0) is 11.9. The van der Waals surface area contributed by atoms with Gasteiger partial charge in [0.25, 0.3) is 0 Å². The molecule has 2 fully saturated rings. The fourth-order valence-electron chi connectivity index (χ4n) is 3.76. The summed E-state index contributed by atoms with van der Waals surface area (Å²) in [5, 5.41) is 0. The zero-order valence-electron chi connectivity index (χ0n) is 11.0. The lowest BCUT2D eigenvalue weighted by molar-refractivity contribution is 0.0423. The van der Waals surface area contributed by atoms with Gasteiger partial charge in [-0.05, 0) is 37.5 Å². The molecule has 0 aliphatic heterocycles. The fourth-order valence-corrected chi connectivity index (χ4v) is 5.43. The maximum absolute atomic E-state index is 6.40. The van der Waals surface area contributed by atoms with Gasteiger partial charge in [0, 0.05) is 10.2 Å². The highest BCUT2D eigenvalue weighted by Gasteiger charge is 2.31. The molecule has 2 aliphatic carbocycles. The summed E-state index contributed by atoms with van der Waals surface area (Å²) >= 11 is 2.50. The van der Waals surface area contributed by atoms with Gasteiger partial charge in [0.05, 0.1) is 0 Å². The van der Waals surface area contributed by atoms with Gasteiger partial charge in [-0.25, -0.2) is 0 Å². The van der Waals surface area contributed by atoms with Gasteiger partial charge in [0.1, 0.15) is 0 Å². The van der Waals surface area contributed by atoms with Gasteiger partial charge in [0.2, 0.25) is 0 Å². The minimum Gasteiger partial charge on any atom is -0.420 e. The van der Waals surface area contributed by atoms with Gasteiger partial charge >= 0.3 is 0 Å². The fraction of sp³-hybridized carbons (Fsp3) is 1.00. The Hall–Kier alpha value is 0.907. The predicted molar refractivity (Wildman–Crippen MR) is 85.5 cm³/mol.